The highest BCUT2D eigenvalue weighted by atomic mass is 35.5. The first-order chi connectivity index (χ1) is 8.10. The van der Waals surface area contributed by atoms with Crippen LogP contribution in [0.3, 0.4) is 0 Å². The Hall–Kier alpha value is -1.27. The van der Waals surface area contributed by atoms with E-state index in [0.29, 0.717) is 5.92 Å². The Morgan fingerprint density at radius 1 is 1.35 bits per heavy atom. The van der Waals surface area contributed by atoms with Crippen molar-refractivity contribution in [2.75, 3.05) is 0 Å². The highest BCUT2D eigenvalue weighted by Gasteiger charge is 2.09. The van der Waals surface area contributed by atoms with E-state index in [4.69, 9.17) is 11.6 Å². The van der Waals surface area contributed by atoms with Crippen molar-refractivity contribution >= 4 is 17.2 Å². The van der Waals surface area contributed by atoms with Gasteiger partial charge in [-0.05, 0) is 41.7 Å². The average Bonchev–Trinajstić information content (AvgIpc) is 2.28. The standard InChI is InChI=1S/C16H19Cl/c1-5-7-13(8-6-2)15-10-9-14(17)11-16(15)12(3)4/h5-12H,1H2,2-4H3/b8-6-,13-7+. The molecule has 17 heavy (non-hydrogen) atoms. The first-order valence-corrected chi connectivity index (χ1v) is 6.23. The van der Waals surface area contributed by atoms with Crippen LogP contribution >= 0.6 is 11.6 Å². The highest BCUT2D eigenvalue weighted by molar-refractivity contribution is 6.30. The Balaban J connectivity index is 3.37. The van der Waals surface area contributed by atoms with Gasteiger partial charge < -0.3 is 0 Å². The van der Waals surface area contributed by atoms with E-state index in [9.17, 15) is 0 Å². The van der Waals surface area contributed by atoms with E-state index in [0.717, 1.165) is 5.02 Å². The third-order valence-electron chi connectivity index (χ3n) is 2.59. The van der Waals surface area contributed by atoms with Gasteiger partial charge in [-0.2, -0.15) is 0 Å². The lowest BCUT2D eigenvalue weighted by molar-refractivity contribution is 0.863. The molecule has 0 spiro atoms. The number of hydrogen-bond donors (Lipinski definition) is 0. The summed E-state index contributed by atoms with van der Waals surface area (Å²) < 4.78 is 0. The van der Waals surface area contributed by atoms with Crippen LogP contribution in [0.1, 0.15) is 37.8 Å². The Labute approximate surface area is 109 Å². The van der Waals surface area contributed by atoms with Crippen molar-refractivity contribution in [3.05, 3.63) is 65.2 Å². The van der Waals surface area contributed by atoms with Crippen molar-refractivity contribution in [3.63, 3.8) is 0 Å². The fraction of sp³-hybridized carbons (Fsp3) is 0.250. The van der Waals surface area contributed by atoms with E-state index >= 15 is 0 Å². The molecule has 0 amide bonds. The molecule has 90 valence electrons. The zero-order valence-corrected chi connectivity index (χ0v) is 11.5. The molecule has 0 atom stereocenters. The number of benzene rings is 1. The minimum atomic E-state index is 0.446. The van der Waals surface area contributed by atoms with Crippen molar-refractivity contribution in [2.24, 2.45) is 0 Å². The molecule has 0 N–H and O–H groups in total. The molecule has 0 aliphatic rings. The largest absolute Gasteiger partial charge is 0.0990 e. The van der Waals surface area contributed by atoms with Crippen LogP contribution in [0.2, 0.25) is 5.02 Å². The van der Waals surface area contributed by atoms with E-state index in [-0.39, 0.29) is 0 Å². The van der Waals surface area contributed by atoms with Crippen molar-refractivity contribution in [1.29, 1.82) is 0 Å². The monoisotopic (exact) mass is 246 g/mol. The molecule has 0 aliphatic heterocycles. The average molecular weight is 247 g/mol. The van der Waals surface area contributed by atoms with Gasteiger partial charge in [-0.15, -0.1) is 0 Å². The molecule has 1 rings (SSSR count). The maximum atomic E-state index is 6.06. The van der Waals surface area contributed by atoms with Crippen LogP contribution < -0.4 is 0 Å². The van der Waals surface area contributed by atoms with Crippen LogP contribution in [-0.4, -0.2) is 0 Å². The maximum absolute atomic E-state index is 6.06. The summed E-state index contributed by atoms with van der Waals surface area (Å²) in [7, 11) is 0. The van der Waals surface area contributed by atoms with Crippen LogP contribution in [0.5, 0.6) is 0 Å². The van der Waals surface area contributed by atoms with E-state index in [1.54, 1.807) is 0 Å². The predicted octanol–water partition coefficient (Wildman–Crippen LogP) is 5.61. The number of hydrogen-bond acceptors (Lipinski definition) is 0. The summed E-state index contributed by atoms with van der Waals surface area (Å²) in [6.07, 6.45) is 7.97. The second-order valence-electron chi connectivity index (χ2n) is 4.24. The summed E-state index contributed by atoms with van der Waals surface area (Å²) in [5, 5.41) is 0.788. The maximum Gasteiger partial charge on any atom is 0.0409 e. The summed E-state index contributed by atoms with van der Waals surface area (Å²) in [5.74, 6) is 0.446. The Bertz CT molecular complexity index is 451. The quantitative estimate of drug-likeness (QED) is 0.606. The molecule has 0 bridgehead atoms. The lowest BCUT2D eigenvalue weighted by Gasteiger charge is -2.14. The van der Waals surface area contributed by atoms with Gasteiger partial charge in [0.2, 0.25) is 0 Å². The normalized spacial score (nSPS) is 12.4. The molecule has 0 radical (unpaired) electrons. The summed E-state index contributed by atoms with van der Waals surface area (Å²) in [5.41, 5.74) is 3.66. The zero-order valence-electron chi connectivity index (χ0n) is 10.7. The van der Waals surface area contributed by atoms with Gasteiger partial charge in [-0.25, -0.2) is 0 Å². The molecular weight excluding hydrogens is 228 g/mol. The van der Waals surface area contributed by atoms with Gasteiger partial charge in [0.1, 0.15) is 0 Å². The molecule has 0 saturated heterocycles. The Morgan fingerprint density at radius 3 is 2.59 bits per heavy atom. The van der Waals surface area contributed by atoms with Gasteiger partial charge in [0.05, 0.1) is 0 Å². The smallest absolute Gasteiger partial charge is 0.0409 e. The molecule has 0 aromatic heterocycles. The molecule has 1 heteroatoms. The van der Waals surface area contributed by atoms with Crippen LogP contribution in [0.4, 0.5) is 0 Å². The van der Waals surface area contributed by atoms with Gasteiger partial charge in [0.25, 0.3) is 0 Å². The van der Waals surface area contributed by atoms with E-state index < -0.39 is 0 Å². The first-order valence-electron chi connectivity index (χ1n) is 5.85. The summed E-state index contributed by atoms with van der Waals surface area (Å²) >= 11 is 6.06. The van der Waals surface area contributed by atoms with Crippen molar-refractivity contribution in [2.45, 2.75) is 26.7 Å². The Morgan fingerprint density at radius 2 is 2.06 bits per heavy atom. The van der Waals surface area contributed by atoms with E-state index in [2.05, 4.69) is 32.6 Å². The third kappa shape index (κ3) is 3.61. The molecule has 1 aromatic carbocycles. The second kappa shape index (κ2) is 6.46. The lowest BCUT2D eigenvalue weighted by Crippen LogP contribution is -1.95. The number of allylic oxidation sites excluding steroid dienone is 5. The highest BCUT2D eigenvalue weighted by Crippen LogP contribution is 2.29. The van der Waals surface area contributed by atoms with Crippen molar-refractivity contribution in [3.8, 4) is 0 Å². The molecule has 0 heterocycles. The van der Waals surface area contributed by atoms with Crippen molar-refractivity contribution in [1.82, 2.24) is 0 Å². The minimum absolute atomic E-state index is 0.446. The van der Waals surface area contributed by atoms with Gasteiger partial charge in [0, 0.05) is 5.02 Å². The lowest BCUT2D eigenvalue weighted by atomic mass is 9.92. The van der Waals surface area contributed by atoms with Crippen molar-refractivity contribution < 1.29 is 0 Å². The van der Waals surface area contributed by atoms with E-state index in [1.165, 1.54) is 16.7 Å². The second-order valence-corrected chi connectivity index (χ2v) is 4.68. The predicted molar refractivity (Wildman–Crippen MR) is 78.5 cm³/mol. The molecule has 0 fully saturated rings. The molecule has 0 aliphatic carbocycles. The zero-order chi connectivity index (χ0) is 12.8. The van der Waals surface area contributed by atoms with Crippen LogP contribution in [0.15, 0.2) is 49.1 Å². The third-order valence-corrected chi connectivity index (χ3v) is 2.83. The SMILES string of the molecule is C=C/C=C(\C=C/C)c1ccc(Cl)cc1C(C)C. The summed E-state index contributed by atoms with van der Waals surface area (Å²) in [4.78, 5) is 0. The fourth-order valence-corrected chi connectivity index (χ4v) is 2.00. The number of rotatable bonds is 4. The fourth-order valence-electron chi connectivity index (χ4n) is 1.82. The van der Waals surface area contributed by atoms with Gasteiger partial charge >= 0.3 is 0 Å². The number of halogens is 1. The first kappa shape index (κ1) is 13.8. The van der Waals surface area contributed by atoms with Crippen LogP contribution in [0, 0.1) is 0 Å². The summed E-state index contributed by atoms with van der Waals surface area (Å²) in [6, 6.07) is 6.05. The van der Waals surface area contributed by atoms with Gasteiger partial charge in [0.15, 0.2) is 0 Å². The topological polar surface area (TPSA) is 0 Å². The minimum Gasteiger partial charge on any atom is -0.0990 e. The molecular formula is C16H19Cl. The van der Waals surface area contributed by atoms with Crippen LogP contribution in [-0.2, 0) is 0 Å². The van der Waals surface area contributed by atoms with Gasteiger partial charge in [-0.3, -0.25) is 0 Å². The van der Waals surface area contributed by atoms with Gasteiger partial charge in [-0.1, -0.05) is 62.4 Å². The van der Waals surface area contributed by atoms with E-state index in [1.807, 2.05) is 37.3 Å². The molecule has 0 saturated carbocycles. The molecule has 0 nitrogen and oxygen atoms in total. The molecule has 0 unspecified atom stereocenters. The molecule has 1 aromatic rings. The van der Waals surface area contributed by atoms with Crippen LogP contribution in [0.25, 0.3) is 5.57 Å². The summed E-state index contributed by atoms with van der Waals surface area (Å²) in [6.45, 7) is 10.1. The Kier molecular flexibility index (Phi) is 5.24.